The van der Waals surface area contributed by atoms with Gasteiger partial charge in [0, 0.05) is 11.3 Å². The Bertz CT molecular complexity index is 623. The van der Waals surface area contributed by atoms with Crippen molar-refractivity contribution >= 4 is 27.3 Å². The van der Waals surface area contributed by atoms with Crippen LogP contribution in [-0.4, -0.2) is 13.2 Å². The third-order valence-electron chi connectivity index (χ3n) is 3.69. The molecule has 4 heteroatoms. The molecule has 0 saturated carbocycles. The summed E-state index contributed by atoms with van der Waals surface area (Å²) in [6, 6.07) is 9.08. The number of aryl methyl sites for hydroxylation is 1. The number of thiophene rings is 1. The van der Waals surface area contributed by atoms with Crippen LogP contribution in [0, 0.1) is 6.92 Å². The smallest absolute Gasteiger partial charge is 0.122 e. The van der Waals surface area contributed by atoms with Gasteiger partial charge in [-0.15, -0.1) is 11.3 Å². The van der Waals surface area contributed by atoms with Crippen molar-refractivity contribution in [3.05, 3.63) is 49.6 Å². The first-order chi connectivity index (χ1) is 9.69. The van der Waals surface area contributed by atoms with Gasteiger partial charge in [-0.3, -0.25) is 0 Å². The van der Waals surface area contributed by atoms with Crippen LogP contribution in [-0.2, 0) is 6.42 Å². The monoisotopic (exact) mass is 351 g/mol. The molecule has 1 atom stereocenters. The highest BCUT2D eigenvalue weighted by Crippen LogP contribution is 2.36. The van der Waals surface area contributed by atoms with E-state index >= 15 is 0 Å². The van der Waals surface area contributed by atoms with Crippen LogP contribution < -0.4 is 10.1 Å². The summed E-state index contributed by atoms with van der Waals surface area (Å²) in [4.78, 5) is 1.36. The Hall–Kier alpha value is -0.840. The number of nitrogens with one attached hydrogen (secondary N) is 1. The Balaban J connectivity index is 2.00. The van der Waals surface area contributed by atoms with Crippen LogP contribution in [0.15, 0.2) is 28.1 Å². The minimum Gasteiger partial charge on any atom is -0.493 e. The summed E-state index contributed by atoms with van der Waals surface area (Å²) in [7, 11) is 0. The number of benzene rings is 1. The molecular weight excluding hydrogens is 334 g/mol. The second-order valence-corrected chi connectivity index (χ2v) is 7.65. The van der Waals surface area contributed by atoms with Crippen molar-refractivity contribution in [2.75, 3.05) is 13.2 Å². The Labute approximate surface area is 132 Å². The Morgan fingerprint density at radius 1 is 1.40 bits per heavy atom. The van der Waals surface area contributed by atoms with Gasteiger partial charge in [-0.05, 0) is 58.2 Å². The van der Waals surface area contributed by atoms with E-state index in [2.05, 4.69) is 59.4 Å². The Morgan fingerprint density at radius 2 is 2.25 bits per heavy atom. The van der Waals surface area contributed by atoms with E-state index in [4.69, 9.17) is 4.74 Å². The predicted octanol–water partition coefficient (Wildman–Crippen LogP) is 4.45. The second-order valence-electron chi connectivity index (χ2n) is 5.02. The van der Waals surface area contributed by atoms with Gasteiger partial charge in [0.1, 0.15) is 5.75 Å². The van der Waals surface area contributed by atoms with E-state index in [1.54, 1.807) is 11.3 Å². The lowest BCUT2D eigenvalue weighted by Gasteiger charge is -2.19. The minimum absolute atomic E-state index is 0.258. The zero-order chi connectivity index (χ0) is 14.1. The molecule has 2 aromatic rings. The first-order valence-electron chi connectivity index (χ1n) is 6.94. The highest BCUT2D eigenvalue weighted by Gasteiger charge is 2.20. The van der Waals surface area contributed by atoms with Crippen molar-refractivity contribution in [2.45, 2.75) is 26.3 Å². The first-order valence-corrected chi connectivity index (χ1v) is 8.55. The third kappa shape index (κ3) is 2.65. The summed E-state index contributed by atoms with van der Waals surface area (Å²) >= 11 is 5.39. The zero-order valence-corrected chi connectivity index (χ0v) is 14.1. The average Bonchev–Trinajstić information content (AvgIpc) is 3.01. The number of rotatable bonds is 4. The average molecular weight is 352 g/mol. The molecule has 0 aliphatic carbocycles. The fourth-order valence-electron chi connectivity index (χ4n) is 2.74. The van der Waals surface area contributed by atoms with Crippen molar-refractivity contribution in [2.24, 2.45) is 0 Å². The van der Waals surface area contributed by atoms with Crippen LogP contribution in [0.1, 0.15) is 34.5 Å². The molecule has 1 aromatic carbocycles. The second kappa shape index (κ2) is 5.88. The normalized spacial score (nSPS) is 14.9. The number of fused-ring (bicyclic) bond motifs is 1. The van der Waals surface area contributed by atoms with E-state index in [1.807, 2.05) is 0 Å². The van der Waals surface area contributed by atoms with Gasteiger partial charge in [0.15, 0.2) is 0 Å². The fourth-order valence-corrected chi connectivity index (χ4v) is 4.49. The molecule has 2 nitrogen and oxygen atoms in total. The van der Waals surface area contributed by atoms with Gasteiger partial charge in [0.25, 0.3) is 0 Å². The molecule has 20 heavy (non-hydrogen) atoms. The lowest BCUT2D eigenvalue weighted by atomic mass is 9.97. The van der Waals surface area contributed by atoms with E-state index < -0.39 is 0 Å². The molecule has 1 aliphatic rings. The van der Waals surface area contributed by atoms with Crippen molar-refractivity contribution in [3.63, 3.8) is 0 Å². The molecule has 0 saturated heterocycles. The van der Waals surface area contributed by atoms with Crippen LogP contribution >= 0.6 is 27.3 Å². The third-order valence-corrected chi connectivity index (χ3v) is 5.26. The van der Waals surface area contributed by atoms with Gasteiger partial charge in [-0.2, -0.15) is 0 Å². The number of hydrogen-bond acceptors (Lipinski definition) is 3. The van der Waals surface area contributed by atoms with Crippen LogP contribution in [0.4, 0.5) is 0 Å². The summed E-state index contributed by atoms with van der Waals surface area (Å²) < 4.78 is 6.79. The summed E-state index contributed by atoms with van der Waals surface area (Å²) in [5, 5.41) is 3.61. The topological polar surface area (TPSA) is 21.3 Å². The van der Waals surface area contributed by atoms with Crippen LogP contribution in [0.5, 0.6) is 5.75 Å². The highest BCUT2D eigenvalue weighted by molar-refractivity contribution is 9.11. The van der Waals surface area contributed by atoms with Crippen molar-refractivity contribution in [3.8, 4) is 5.75 Å². The van der Waals surface area contributed by atoms with Gasteiger partial charge < -0.3 is 10.1 Å². The van der Waals surface area contributed by atoms with Gasteiger partial charge in [-0.25, -0.2) is 0 Å². The van der Waals surface area contributed by atoms with Crippen molar-refractivity contribution in [1.82, 2.24) is 5.32 Å². The molecule has 0 bridgehead atoms. The summed E-state index contributed by atoms with van der Waals surface area (Å²) in [5.74, 6) is 1.05. The maximum atomic E-state index is 5.60. The summed E-state index contributed by atoms with van der Waals surface area (Å²) in [6.45, 7) is 6.10. The standard InChI is InChI=1S/C16H18BrNOS/c1-3-18-16(13-9-15(17)20-10(13)2)12-4-5-14-11(8-12)6-7-19-14/h4-5,8-9,16,18H,3,6-7H2,1-2H3. The summed E-state index contributed by atoms with van der Waals surface area (Å²) in [5.41, 5.74) is 4.02. The van der Waals surface area contributed by atoms with E-state index in [1.165, 1.54) is 25.4 Å². The maximum Gasteiger partial charge on any atom is 0.122 e. The quantitative estimate of drug-likeness (QED) is 0.878. The largest absolute Gasteiger partial charge is 0.493 e. The van der Waals surface area contributed by atoms with Crippen LogP contribution in [0.2, 0.25) is 0 Å². The molecule has 0 amide bonds. The van der Waals surface area contributed by atoms with E-state index in [-0.39, 0.29) is 6.04 Å². The van der Waals surface area contributed by atoms with E-state index in [0.717, 1.165) is 25.3 Å². The zero-order valence-electron chi connectivity index (χ0n) is 11.7. The Kier molecular flexibility index (Phi) is 4.15. The number of halogens is 1. The Morgan fingerprint density at radius 3 is 2.95 bits per heavy atom. The van der Waals surface area contributed by atoms with Crippen molar-refractivity contribution < 1.29 is 4.74 Å². The van der Waals surface area contributed by atoms with Gasteiger partial charge in [-0.1, -0.05) is 19.1 Å². The maximum absolute atomic E-state index is 5.60. The molecule has 2 heterocycles. The first kappa shape index (κ1) is 14.1. The molecule has 0 spiro atoms. The van der Waals surface area contributed by atoms with E-state index in [9.17, 15) is 0 Å². The molecule has 0 fully saturated rings. The molecule has 1 unspecified atom stereocenters. The van der Waals surface area contributed by atoms with Gasteiger partial charge >= 0.3 is 0 Å². The van der Waals surface area contributed by atoms with Crippen LogP contribution in [0.3, 0.4) is 0 Å². The molecule has 0 radical (unpaired) electrons. The lowest BCUT2D eigenvalue weighted by Crippen LogP contribution is -2.22. The number of ether oxygens (including phenoxy) is 1. The van der Waals surface area contributed by atoms with Gasteiger partial charge in [0.05, 0.1) is 16.4 Å². The SMILES string of the molecule is CCNC(c1ccc2c(c1)CCO2)c1cc(Br)sc1C. The summed E-state index contributed by atoms with van der Waals surface area (Å²) in [6.07, 6.45) is 1.02. The predicted molar refractivity (Wildman–Crippen MR) is 87.9 cm³/mol. The molecular formula is C16H18BrNOS. The lowest BCUT2D eigenvalue weighted by molar-refractivity contribution is 0.357. The minimum atomic E-state index is 0.258. The molecule has 1 aliphatic heterocycles. The fraction of sp³-hybridized carbons (Fsp3) is 0.375. The molecule has 106 valence electrons. The van der Waals surface area contributed by atoms with Gasteiger partial charge in [0.2, 0.25) is 0 Å². The molecule has 1 N–H and O–H groups in total. The molecule has 3 rings (SSSR count). The number of hydrogen-bond donors (Lipinski definition) is 1. The van der Waals surface area contributed by atoms with E-state index in [0.29, 0.717) is 0 Å². The molecule has 1 aromatic heterocycles. The van der Waals surface area contributed by atoms with Crippen LogP contribution in [0.25, 0.3) is 0 Å². The highest BCUT2D eigenvalue weighted by atomic mass is 79.9. The van der Waals surface area contributed by atoms with Crippen molar-refractivity contribution in [1.29, 1.82) is 0 Å².